The Morgan fingerprint density at radius 3 is 2.39 bits per heavy atom. The summed E-state index contributed by atoms with van der Waals surface area (Å²) >= 11 is 5.84. The molecule has 0 radical (unpaired) electrons. The van der Waals surface area contributed by atoms with Gasteiger partial charge in [-0.25, -0.2) is 0 Å². The quantitative estimate of drug-likeness (QED) is 0.827. The fraction of sp³-hybridized carbons (Fsp3) is 0.611. The van der Waals surface area contributed by atoms with Gasteiger partial charge in [0.05, 0.1) is 13.0 Å². The third-order valence-corrected chi connectivity index (χ3v) is 5.16. The third kappa shape index (κ3) is 4.61. The standard InChI is InChI=1S/C18H25ClN2O2/c19-15-5-7-17(8-6-15)23-14-9-18(22)21-12-10-20(11-13-21)16-3-1-2-4-16/h5-8,16H,1-4,9-14H2. The molecule has 4 nitrogen and oxygen atoms in total. The van der Waals surface area contributed by atoms with Gasteiger partial charge in [0.15, 0.2) is 0 Å². The zero-order chi connectivity index (χ0) is 16.1. The van der Waals surface area contributed by atoms with Gasteiger partial charge in [-0.2, -0.15) is 0 Å². The van der Waals surface area contributed by atoms with Crippen molar-refractivity contribution in [3.8, 4) is 5.75 Å². The van der Waals surface area contributed by atoms with Gasteiger partial charge < -0.3 is 9.64 Å². The third-order valence-electron chi connectivity index (χ3n) is 4.91. The minimum absolute atomic E-state index is 0.199. The van der Waals surface area contributed by atoms with Crippen molar-refractivity contribution in [2.45, 2.75) is 38.1 Å². The number of nitrogens with zero attached hydrogens (tertiary/aromatic N) is 2. The first kappa shape index (κ1) is 16.6. The molecule has 1 aliphatic carbocycles. The van der Waals surface area contributed by atoms with Crippen molar-refractivity contribution in [1.29, 1.82) is 0 Å². The molecule has 1 aromatic carbocycles. The summed E-state index contributed by atoms with van der Waals surface area (Å²) in [5.74, 6) is 0.957. The summed E-state index contributed by atoms with van der Waals surface area (Å²) in [7, 11) is 0. The van der Waals surface area contributed by atoms with Gasteiger partial charge in [0.2, 0.25) is 5.91 Å². The average molecular weight is 337 g/mol. The summed E-state index contributed by atoms with van der Waals surface area (Å²) in [6, 6.07) is 8.00. The molecule has 1 heterocycles. The van der Waals surface area contributed by atoms with E-state index < -0.39 is 0 Å². The molecular formula is C18H25ClN2O2. The molecule has 1 amide bonds. The Balaban J connectivity index is 1.36. The Morgan fingerprint density at radius 1 is 1.09 bits per heavy atom. The maximum atomic E-state index is 12.3. The van der Waals surface area contributed by atoms with Crippen molar-refractivity contribution in [3.63, 3.8) is 0 Å². The molecule has 0 unspecified atom stereocenters. The second-order valence-electron chi connectivity index (χ2n) is 6.41. The summed E-state index contributed by atoms with van der Waals surface area (Å²) in [5, 5.41) is 0.688. The van der Waals surface area contributed by atoms with E-state index in [4.69, 9.17) is 16.3 Å². The summed E-state index contributed by atoms with van der Waals surface area (Å²) in [5.41, 5.74) is 0. The fourth-order valence-corrected chi connectivity index (χ4v) is 3.68. The number of piperazine rings is 1. The van der Waals surface area contributed by atoms with Gasteiger partial charge in [-0.15, -0.1) is 0 Å². The average Bonchev–Trinajstić information content (AvgIpc) is 3.11. The molecule has 0 aromatic heterocycles. The van der Waals surface area contributed by atoms with E-state index in [1.54, 1.807) is 12.1 Å². The number of amides is 1. The van der Waals surface area contributed by atoms with Gasteiger partial charge in [-0.1, -0.05) is 24.4 Å². The second-order valence-corrected chi connectivity index (χ2v) is 6.84. The molecular weight excluding hydrogens is 312 g/mol. The molecule has 2 aliphatic rings. The first-order valence-corrected chi connectivity index (χ1v) is 9.00. The van der Waals surface area contributed by atoms with Crippen LogP contribution in [-0.2, 0) is 4.79 Å². The monoisotopic (exact) mass is 336 g/mol. The first-order chi connectivity index (χ1) is 11.2. The van der Waals surface area contributed by atoms with Crippen LogP contribution < -0.4 is 4.74 Å². The van der Waals surface area contributed by atoms with E-state index in [0.29, 0.717) is 18.1 Å². The molecule has 1 aromatic rings. The molecule has 1 aliphatic heterocycles. The molecule has 0 spiro atoms. The van der Waals surface area contributed by atoms with Crippen LogP contribution in [0.25, 0.3) is 0 Å². The zero-order valence-electron chi connectivity index (χ0n) is 13.5. The largest absolute Gasteiger partial charge is 0.493 e. The van der Waals surface area contributed by atoms with Crippen LogP contribution in [-0.4, -0.2) is 54.5 Å². The predicted molar refractivity (Wildman–Crippen MR) is 92.0 cm³/mol. The van der Waals surface area contributed by atoms with Crippen molar-refractivity contribution in [3.05, 3.63) is 29.3 Å². The number of carbonyl (C=O) groups is 1. The number of halogens is 1. The highest BCUT2D eigenvalue weighted by molar-refractivity contribution is 6.30. The molecule has 23 heavy (non-hydrogen) atoms. The lowest BCUT2D eigenvalue weighted by atomic mass is 10.2. The molecule has 126 valence electrons. The van der Waals surface area contributed by atoms with Crippen LogP contribution in [0.15, 0.2) is 24.3 Å². The molecule has 1 saturated heterocycles. The smallest absolute Gasteiger partial charge is 0.226 e. The zero-order valence-corrected chi connectivity index (χ0v) is 14.3. The lowest BCUT2D eigenvalue weighted by molar-refractivity contribution is -0.133. The molecule has 0 N–H and O–H groups in total. The molecule has 3 rings (SSSR count). The number of hydrogen-bond acceptors (Lipinski definition) is 3. The minimum Gasteiger partial charge on any atom is -0.493 e. The Bertz CT molecular complexity index is 506. The topological polar surface area (TPSA) is 32.8 Å². The fourth-order valence-electron chi connectivity index (χ4n) is 3.55. The van der Waals surface area contributed by atoms with Crippen LogP contribution in [0.1, 0.15) is 32.1 Å². The van der Waals surface area contributed by atoms with Gasteiger partial charge in [0, 0.05) is 37.2 Å². The summed E-state index contributed by atoms with van der Waals surface area (Å²) in [6.07, 6.45) is 5.84. The van der Waals surface area contributed by atoms with Crippen molar-refractivity contribution in [2.24, 2.45) is 0 Å². The number of carbonyl (C=O) groups excluding carboxylic acids is 1. The van der Waals surface area contributed by atoms with E-state index in [1.165, 1.54) is 25.7 Å². The highest BCUT2D eigenvalue weighted by atomic mass is 35.5. The minimum atomic E-state index is 0.199. The number of benzene rings is 1. The molecule has 1 saturated carbocycles. The highest BCUT2D eigenvalue weighted by Gasteiger charge is 2.27. The Labute approximate surface area is 143 Å². The molecule has 5 heteroatoms. The maximum Gasteiger partial charge on any atom is 0.226 e. The number of rotatable bonds is 5. The Kier molecular flexibility index (Phi) is 5.79. The van der Waals surface area contributed by atoms with E-state index >= 15 is 0 Å². The van der Waals surface area contributed by atoms with Gasteiger partial charge in [0.25, 0.3) is 0 Å². The number of ether oxygens (including phenoxy) is 1. The lowest BCUT2D eigenvalue weighted by Gasteiger charge is -2.38. The SMILES string of the molecule is O=C(CCOc1ccc(Cl)cc1)N1CCN(C2CCCC2)CC1. The Morgan fingerprint density at radius 2 is 1.74 bits per heavy atom. The molecule has 2 fully saturated rings. The van der Waals surface area contributed by atoms with E-state index in [0.717, 1.165) is 38.0 Å². The van der Waals surface area contributed by atoms with Crippen LogP contribution >= 0.6 is 11.6 Å². The second kappa shape index (κ2) is 8.02. The van der Waals surface area contributed by atoms with E-state index in [2.05, 4.69) is 4.90 Å². The summed E-state index contributed by atoms with van der Waals surface area (Å²) in [4.78, 5) is 16.8. The van der Waals surface area contributed by atoms with Crippen molar-refractivity contribution >= 4 is 17.5 Å². The van der Waals surface area contributed by atoms with Crippen LogP contribution in [0.3, 0.4) is 0 Å². The van der Waals surface area contributed by atoms with Gasteiger partial charge in [-0.05, 0) is 37.1 Å². The van der Waals surface area contributed by atoms with Crippen molar-refractivity contribution < 1.29 is 9.53 Å². The van der Waals surface area contributed by atoms with Crippen LogP contribution in [0, 0.1) is 0 Å². The maximum absolute atomic E-state index is 12.3. The van der Waals surface area contributed by atoms with Gasteiger partial charge in [-0.3, -0.25) is 9.69 Å². The van der Waals surface area contributed by atoms with E-state index in [9.17, 15) is 4.79 Å². The van der Waals surface area contributed by atoms with Crippen molar-refractivity contribution in [2.75, 3.05) is 32.8 Å². The van der Waals surface area contributed by atoms with E-state index in [1.807, 2.05) is 17.0 Å². The van der Waals surface area contributed by atoms with Crippen LogP contribution in [0.2, 0.25) is 5.02 Å². The Hall–Kier alpha value is -1.26. The molecule has 0 bridgehead atoms. The van der Waals surface area contributed by atoms with E-state index in [-0.39, 0.29) is 5.91 Å². The highest BCUT2D eigenvalue weighted by Crippen LogP contribution is 2.24. The first-order valence-electron chi connectivity index (χ1n) is 8.62. The number of hydrogen-bond donors (Lipinski definition) is 0. The summed E-state index contributed by atoms with van der Waals surface area (Å²) in [6.45, 7) is 4.18. The normalized spacial score (nSPS) is 20.0. The predicted octanol–water partition coefficient (Wildman–Crippen LogP) is 3.20. The summed E-state index contributed by atoms with van der Waals surface area (Å²) < 4.78 is 5.61. The van der Waals surface area contributed by atoms with Crippen molar-refractivity contribution in [1.82, 2.24) is 9.80 Å². The van der Waals surface area contributed by atoms with Gasteiger partial charge in [0.1, 0.15) is 5.75 Å². The van der Waals surface area contributed by atoms with Gasteiger partial charge >= 0.3 is 0 Å². The molecule has 0 atom stereocenters. The van der Waals surface area contributed by atoms with Crippen LogP contribution in [0.5, 0.6) is 5.75 Å². The van der Waals surface area contributed by atoms with Crippen LogP contribution in [0.4, 0.5) is 0 Å². The lowest BCUT2D eigenvalue weighted by Crippen LogP contribution is -2.51.